The molecule has 5 nitrogen and oxygen atoms in total. The Labute approximate surface area is 194 Å². The van der Waals surface area contributed by atoms with Gasteiger partial charge in [-0.05, 0) is 80.4 Å². The third-order valence-electron chi connectivity index (χ3n) is 7.32. The molecule has 2 aliphatic rings. The summed E-state index contributed by atoms with van der Waals surface area (Å²) in [5.74, 6) is 1.84. The largest absolute Gasteiger partial charge is 0.497 e. The molecule has 6 rings (SSSR count). The molecule has 33 heavy (non-hydrogen) atoms. The van der Waals surface area contributed by atoms with Gasteiger partial charge in [0.05, 0.1) is 30.6 Å². The van der Waals surface area contributed by atoms with Gasteiger partial charge in [-0.1, -0.05) is 13.3 Å². The first-order valence-electron chi connectivity index (χ1n) is 12.2. The molecule has 0 bridgehead atoms. The van der Waals surface area contributed by atoms with Gasteiger partial charge < -0.3 is 14.0 Å². The molecule has 0 atom stereocenters. The van der Waals surface area contributed by atoms with E-state index in [1.807, 2.05) is 6.07 Å². The standard InChI is InChI=1S/C28H31N3O2/c1-3-22-23-17-21(33-14-13-30-11-5-4-6-12-30)7-9-25(23)29-28-24(22)18-31-26-10-8-20(32-2)15-19(26)16-27(28)31/h7-10,15-17H,3-6,11-14,18H2,1-2H3. The number of methoxy groups -OCH3 is 1. The van der Waals surface area contributed by atoms with Gasteiger partial charge in [0.1, 0.15) is 18.1 Å². The molecule has 0 radical (unpaired) electrons. The van der Waals surface area contributed by atoms with Crippen LogP contribution in [0.2, 0.25) is 0 Å². The summed E-state index contributed by atoms with van der Waals surface area (Å²) >= 11 is 0. The van der Waals surface area contributed by atoms with Crippen LogP contribution in [0.5, 0.6) is 11.5 Å². The summed E-state index contributed by atoms with van der Waals surface area (Å²) in [4.78, 5) is 7.64. The Morgan fingerprint density at radius 1 is 0.970 bits per heavy atom. The number of hydrogen-bond acceptors (Lipinski definition) is 4. The highest BCUT2D eigenvalue weighted by Gasteiger charge is 2.26. The Hall–Kier alpha value is -3.05. The quantitative estimate of drug-likeness (QED) is 0.341. The lowest BCUT2D eigenvalue weighted by atomic mass is 9.98. The molecular weight excluding hydrogens is 410 g/mol. The lowest BCUT2D eigenvalue weighted by Gasteiger charge is -2.26. The number of likely N-dealkylation sites (tertiary alicyclic amines) is 1. The van der Waals surface area contributed by atoms with Gasteiger partial charge in [0, 0.05) is 28.4 Å². The smallest absolute Gasteiger partial charge is 0.120 e. The lowest BCUT2D eigenvalue weighted by molar-refractivity contribution is 0.183. The number of nitrogens with zero attached hydrogens (tertiary/aromatic N) is 3. The second-order valence-electron chi connectivity index (χ2n) is 9.24. The van der Waals surface area contributed by atoms with E-state index in [2.05, 4.69) is 52.8 Å². The van der Waals surface area contributed by atoms with Crippen molar-refractivity contribution in [2.45, 2.75) is 39.2 Å². The molecule has 4 heterocycles. The molecule has 0 spiro atoms. The molecule has 5 heteroatoms. The number of pyridine rings is 1. The maximum absolute atomic E-state index is 6.18. The Bertz CT molecular complexity index is 1330. The van der Waals surface area contributed by atoms with Crippen molar-refractivity contribution in [1.29, 1.82) is 0 Å². The number of benzene rings is 2. The normalized spacial score (nSPS) is 15.7. The van der Waals surface area contributed by atoms with Gasteiger partial charge in [0.15, 0.2) is 0 Å². The van der Waals surface area contributed by atoms with Gasteiger partial charge in [-0.15, -0.1) is 0 Å². The Balaban J connectivity index is 1.32. The first-order chi connectivity index (χ1) is 16.2. The minimum atomic E-state index is 0.742. The highest BCUT2D eigenvalue weighted by molar-refractivity contribution is 5.94. The molecule has 0 N–H and O–H groups in total. The second-order valence-corrected chi connectivity index (χ2v) is 9.24. The minimum Gasteiger partial charge on any atom is -0.497 e. The van der Waals surface area contributed by atoms with E-state index in [0.717, 1.165) is 48.8 Å². The van der Waals surface area contributed by atoms with Crippen LogP contribution in [0.25, 0.3) is 33.2 Å². The molecule has 1 saturated heterocycles. The average Bonchev–Trinajstić information content (AvgIpc) is 3.38. The van der Waals surface area contributed by atoms with Crippen molar-refractivity contribution >= 4 is 21.8 Å². The van der Waals surface area contributed by atoms with E-state index in [9.17, 15) is 0 Å². The van der Waals surface area contributed by atoms with Crippen LogP contribution in [-0.4, -0.2) is 47.8 Å². The van der Waals surface area contributed by atoms with E-state index in [4.69, 9.17) is 14.5 Å². The molecular formula is C28H31N3O2. The summed E-state index contributed by atoms with van der Waals surface area (Å²) in [6, 6.07) is 15.0. The van der Waals surface area contributed by atoms with Crippen molar-refractivity contribution in [1.82, 2.24) is 14.5 Å². The molecule has 170 valence electrons. The minimum absolute atomic E-state index is 0.742. The van der Waals surface area contributed by atoms with E-state index in [1.165, 1.54) is 65.5 Å². The number of fused-ring (bicyclic) bond motifs is 6. The maximum Gasteiger partial charge on any atom is 0.120 e. The van der Waals surface area contributed by atoms with Crippen LogP contribution >= 0.6 is 0 Å². The maximum atomic E-state index is 6.18. The highest BCUT2D eigenvalue weighted by Crippen LogP contribution is 2.41. The van der Waals surface area contributed by atoms with Gasteiger partial charge >= 0.3 is 0 Å². The summed E-state index contributed by atoms with van der Waals surface area (Å²) in [5.41, 5.74) is 7.34. The Morgan fingerprint density at radius 3 is 2.64 bits per heavy atom. The van der Waals surface area contributed by atoms with Crippen LogP contribution in [-0.2, 0) is 13.0 Å². The number of hydrogen-bond donors (Lipinski definition) is 0. The van der Waals surface area contributed by atoms with Gasteiger partial charge in [-0.2, -0.15) is 0 Å². The Morgan fingerprint density at radius 2 is 1.82 bits per heavy atom. The topological polar surface area (TPSA) is 39.5 Å². The summed E-state index contributed by atoms with van der Waals surface area (Å²) in [7, 11) is 1.72. The van der Waals surface area contributed by atoms with Gasteiger partial charge in [-0.3, -0.25) is 4.90 Å². The van der Waals surface area contributed by atoms with Crippen molar-refractivity contribution in [3.8, 4) is 22.9 Å². The number of aromatic nitrogens is 2. The predicted molar refractivity (Wildman–Crippen MR) is 133 cm³/mol. The fourth-order valence-electron chi connectivity index (χ4n) is 5.60. The van der Waals surface area contributed by atoms with Crippen molar-refractivity contribution in [3.63, 3.8) is 0 Å². The molecule has 0 unspecified atom stereocenters. The molecule has 2 aliphatic heterocycles. The fourth-order valence-corrected chi connectivity index (χ4v) is 5.60. The van der Waals surface area contributed by atoms with E-state index < -0.39 is 0 Å². The SMILES string of the molecule is CCc1c2c(nc3ccc(OCCN4CCCCC4)cc13)-c1cc3cc(OC)ccc3n1C2. The zero-order chi connectivity index (χ0) is 22.4. The van der Waals surface area contributed by atoms with Crippen LogP contribution in [0.4, 0.5) is 0 Å². The summed E-state index contributed by atoms with van der Waals surface area (Å²) in [6.45, 7) is 7.28. The van der Waals surface area contributed by atoms with E-state index in [1.54, 1.807) is 7.11 Å². The van der Waals surface area contributed by atoms with Crippen LogP contribution in [0.3, 0.4) is 0 Å². The van der Waals surface area contributed by atoms with Crippen LogP contribution in [0, 0.1) is 0 Å². The number of piperidine rings is 1. The zero-order valence-electron chi connectivity index (χ0n) is 19.6. The van der Waals surface area contributed by atoms with Crippen molar-refractivity contribution in [3.05, 3.63) is 53.6 Å². The van der Waals surface area contributed by atoms with E-state index in [-0.39, 0.29) is 0 Å². The van der Waals surface area contributed by atoms with E-state index in [0.29, 0.717) is 0 Å². The second kappa shape index (κ2) is 8.38. The Kier molecular flexibility index (Phi) is 5.22. The monoisotopic (exact) mass is 441 g/mol. The van der Waals surface area contributed by atoms with Crippen molar-refractivity contribution in [2.24, 2.45) is 0 Å². The zero-order valence-corrected chi connectivity index (χ0v) is 19.6. The van der Waals surface area contributed by atoms with Gasteiger partial charge in [0.2, 0.25) is 0 Å². The van der Waals surface area contributed by atoms with Crippen LogP contribution < -0.4 is 9.47 Å². The summed E-state index contributed by atoms with van der Waals surface area (Å²) in [6.07, 6.45) is 4.98. The predicted octanol–water partition coefficient (Wildman–Crippen LogP) is 5.65. The molecule has 0 saturated carbocycles. The summed E-state index contributed by atoms with van der Waals surface area (Å²) in [5, 5.41) is 2.43. The molecule has 2 aromatic heterocycles. The van der Waals surface area contributed by atoms with E-state index >= 15 is 0 Å². The molecule has 0 amide bonds. The van der Waals surface area contributed by atoms with Crippen molar-refractivity contribution in [2.75, 3.05) is 33.4 Å². The van der Waals surface area contributed by atoms with Crippen LogP contribution in [0.1, 0.15) is 37.3 Å². The number of aryl methyl sites for hydroxylation is 1. The number of ether oxygens (including phenoxy) is 2. The first-order valence-corrected chi connectivity index (χ1v) is 12.2. The molecule has 2 aromatic carbocycles. The molecule has 0 aliphatic carbocycles. The first kappa shape index (κ1) is 20.5. The van der Waals surface area contributed by atoms with Gasteiger partial charge in [0.25, 0.3) is 0 Å². The number of rotatable bonds is 6. The highest BCUT2D eigenvalue weighted by atomic mass is 16.5. The lowest BCUT2D eigenvalue weighted by Crippen LogP contribution is -2.33. The van der Waals surface area contributed by atoms with Crippen molar-refractivity contribution < 1.29 is 9.47 Å². The fraction of sp³-hybridized carbons (Fsp3) is 0.393. The molecule has 4 aromatic rings. The third-order valence-corrected chi connectivity index (χ3v) is 7.32. The van der Waals surface area contributed by atoms with Gasteiger partial charge in [-0.25, -0.2) is 4.98 Å². The van der Waals surface area contributed by atoms with Crippen LogP contribution in [0.15, 0.2) is 42.5 Å². The summed E-state index contributed by atoms with van der Waals surface area (Å²) < 4.78 is 14.0. The third kappa shape index (κ3) is 3.55. The average molecular weight is 442 g/mol. The molecule has 1 fully saturated rings.